The number of nitrogens with zero attached hydrogens (tertiary/aromatic N) is 2. The molecule has 1 aromatic heterocycles. The summed E-state index contributed by atoms with van der Waals surface area (Å²) in [6.45, 7) is 0. The maximum Gasteiger partial charge on any atom is 0.145 e. The molecule has 0 aliphatic rings. The Morgan fingerprint density at radius 2 is 0.979 bits per heavy atom. The van der Waals surface area contributed by atoms with Crippen LogP contribution in [0.2, 0.25) is 0 Å². The molecule has 0 saturated carbocycles. The molecule has 0 aliphatic carbocycles. The first-order valence-corrected chi connectivity index (χ1v) is 14.8. The minimum absolute atomic E-state index is 0.0638. The molecular formula is C45H30N2. The summed E-state index contributed by atoms with van der Waals surface area (Å²) < 4.78 is 131. The van der Waals surface area contributed by atoms with E-state index in [9.17, 15) is 0 Å². The fraction of sp³-hybridized carbons (Fsp3) is 0. The number of hydrogen-bond acceptors (Lipinski definition) is 1. The first-order valence-electron chi connectivity index (χ1n) is 22.3. The highest BCUT2D eigenvalue weighted by molar-refractivity contribution is 6.22. The SMILES string of the molecule is [2H]c1c([2H])c([2H])c(-c2c3ccccc3c(-c3c([2H])c([2H])c([2H])c([2H])c3[2H])c3cc(-c4cccc(-c5nc6ccccc6n5-c5c([2H])c([2H])c([2H])c([2H])c5[2H])c4)ccc23)c([2H])c1[2H]. The van der Waals surface area contributed by atoms with Gasteiger partial charge in [-0.15, -0.1) is 0 Å². The van der Waals surface area contributed by atoms with E-state index in [4.69, 9.17) is 25.5 Å². The van der Waals surface area contributed by atoms with E-state index < -0.39 is 90.6 Å². The van der Waals surface area contributed by atoms with Gasteiger partial charge in [0, 0.05) is 11.3 Å². The predicted molar refractivity (Wildman–Crippen MR) is 198 cm³/mol. The van der Waals surface area contributed by atoms with Gasteiger partial charge in [-0.2, -0.15) is 0 Å². The van der Waals surface area contributed by atoms with Gasteiger partial charge in [0.2, 0.25) is 0 Å². The number of para-hydroxylation sites is 3. The molecule has 0 spiro atoms. The average molecular weight is 614 g/mol. The Labute approximate surface area is 294 Å². The smallest absolute Gasteiger partial charge is 0.145 e. The number of rotatable bonds is 5. The van der Waals surface area contributed by atoms with Crippen LogP contribution < -0.4 is 0 Å². The number of benzene rings is 8. The van der Waals surface area contributed by atoms with Gasteiger partial charge < -0.3 is 0 Å². The molecule has 0 unspecified atom stereocenters. The fourth-order valence-corrected chi connectivity index (χ4v) is 6.29. The van der Waals surface area contributed by atoms with Gasteiger partial charge >= 0.3 is 0 Å². The van der Waals surface area contributed by atoms with Crippen LogP contribution in [0.5, 0.6) is 0 Å². The third-order valence-corrected chi connectivity index (χ3v) is 8.25. The van der Waals surface area contributed by atoms with Crippen molar-refractivity contribution >= 4 is 32.6 Å². The van der Waals surface area contributed by atoms with Crippen molar-refractivity contribution in [3.05, 3.63) is 182 Å². The van der Waals surface area contributed by atoms with Crippen molar-refractivity contribution in [1.29, 1.82) is 0 Å². The standard InChI is InChI=1S/C45H30N2/c1-4-15-31(16-5-1)43-37-23-10-11-24-38(37)44(32-17-6-2-7-18-32)40-30-34(27-28-39(40)43)33-19-14-20-35(29-33)45-46-41-25-12-13-26-42(41)47(45)36-21-8-3-9-22-36/h1-30H/i1D,2D,3D,4D,5D,6D,7D,8D,9D,15D,16D,17D,18D,21D,22D. The van der Waals surface area contributed by atoms with Gasteiger partial charge in [0.05, 0.1) is 31.6 Å². The molecule has 0 amide bonds. The van der Waals surface area contributed by atoms with E-state index in [1.54, 1.807) is 83.4 Å². The zero-order valence-corrected chi connectivity index (χ0v) is 24.6. The van der Waals surface area contributed by atoms with Crippen LogP contribution in [0.3, 0.4) is 0 Å². The van der Waals surface area contributed by atoms with E-state index in [1.807, 2.05) is 12.1 Å². The van der Waals surface area contributed by atoms with Crippen LogP contribution in [0.15, 0.2) is 182 Å². The predicted octanol–water partition coefficient (Wildman–Crippen LogP) is 12.0. The Hall–Kier alpha value is -6.25. The summed E-state index contributed by atoms with van der Waals surface area (Å²) in [7, 11) is 0. The van der Waals surface area contributed by atoms with Crippen LogP contribution in [0, 0.1) is 0 Å². The lowest BCUT2D eigenvalue weighted by Crippen LogP contribution is -1.97. The summed E-state index contributed by atoms with van der Waals surface area (Å²) in [6, 6.07) is 19.0. The van der Waals surface area contributed by atoms with Gasteiger partial charge in [0.15, 0.2) is 0 Å². The minimum Gasteiger partial charge on any atom is -0.292 e. The van der Waals surface area contributed by atoms with E-state index in [0.717, 1.165) is 0 Å². The summed E-state index contributed by atoms with van der Waals surface area (Å²) in [4.78, 5) is 4.88. The Balaban J connectivity index is 1.37. The van der Waals surface area contributed by atoms with Gasteiger partial charge in [-0.1, -0.05) is 145 Å². The molecule has 2 nitrogen and oxygen atoms in total. The minimum atomic E-state index is -0.569. The quantitative estimate of drug-likeness (QED) is 0.177. The second-order valence-electron chi connectivity index (χ2n) is 10.9. The monoisotopic (exact) mass is 613 g/mol. The largest absolute Gasteiger partial charge is 0.292 e. The Morgan fingerprint density at radius 1 is 0.426 bits per heavy atom. The highest BCUT2D eigenvalue weighted by atomic mass is 15.1. The second-order valence-corrected chi connectivity index (χ2v) is 10.9. The van der Waals surface area contributed by atoms with Crippen molar-refractivity contribution in [3.8, 4) is 50.5 Å². The summed E-state index contributed by atoms with van der Waals surface area (Å²) in [5.74, 6) is 0.293. The molecule has 0 radical (unpaired) electrons. The van der Waals surface area contributed by atoms with E-state index in [-0.39, 0.29) is 22.4 Å². The molecule has 0 N–H and O–H groups in total. The summed E-state index contributed by atoms with van der Waals surface area (Å²) in [5, 5.41) is 1.62. The van der Waals surface area contributed by atoms with Crippen molar-refractivity contribution in [2.75, 3.05) is 0 Å². The number of fused-ring (bicyclic) bond motifs is 3. The van der Waals surface area contributed by atoms with Gasteiger partial charge in [0.25, 0.3) is 0 Å². The number of imidazole rings is 1. The lowest BCUT2D eigenvalue weighted by atomic mass is 9.85. The first kappa shape index (κ1) is 15.8. The maximum atomic E-state index is 9.06. The molecule has 2 heteroatoms. The number of hydrogen-bond donors (Lipinski definition) is 0. The number of aromatic nitrogens is 2. The van der Waals surface area contributed by atoms with E-state index >= 15 is 0 Å². The highest BCUT2D eigenvalue weighted by Gasteiger charge is 2.18. The molecular weight excluding hydrogens is 569 g/mol. The highest BCUT2D eigenvalue weighted by Crippen LogP contribution is 2.45. The van der Waals surface area contributed by atoms with Gasteiger partial charge in [0.1, 0.15) is 5.82 Å². The van der Waals surface area contributed by atoms with E-state index in [0.29, 0.717) is 60.7 Å². The third-order valence-electron chi connectivity index (χ3n) is 8.25. The lowest BCUT2D eigenvalue weighted by molar-refractivity contribution is 1.10. The summed E-state index contributed by atoms with van der Waals surface area (Å²) >= 11 is 0. The van der Waals surface area contributed by atoms with Gasteiger partial charge in [-0.25, -0.2) is 4.98 Å². The molecule has 0 fully saturated rings. The van der Waals surface area contributed by atoms with Crippen molar-refractivity contribution < 1.29 is 20.6 Å². The first-order chi connectivity index (χ1) is 29.5. The van der Waals surface area contributed by atoms with Gasteiger partial charge in [-0.3, -0.25) is 4.57 Å². The van der Waals surface area contributed by atoms with E-state index in [1.165, 1.54) is 0 Å². The maximum absolute atomic E-state index is 9.06. The van der Waals surface area contributed by atoms with Crippen molar-refractivity contribution in [2.24, 2.45) is 0 Å². The molecule has 9 rings (SSSR count). The normalized spacial score (nSPS) is 15.9. The Kier molecular flexibility index (Phi) is 3.80. The van der Waals surface area contributed by atoms with Crippen LogP contribution >= 0.6 is 0 Å². The average Bonchev–Trinajstić information content (AvgIpc) is 3.67. The molecule has 1 heterocycles. The zero-order chi connectivity index (χ0) is 44.2. The van der Waals surface area contributed by atoms with Crippen LogP contribution in [0.25, 0.3) is 83.0 Å². The van der Waals surface area contributed by atoms with Crippen molar-refractivity contribution in [1.82, 2.24) is 9.55 Å². The zero-order valence-electron chi connectivity index (χ0n) is 39.6. The Morgan fingerprint density at radius 3 is 1.68 bits per heavy atom. The molecule has 0 atom stereocenters. The van der Waals surface area contributed by atoms with Gasteiger partial charge in [-0.05, 0) is 91.3 Å². The summed E-state index contributed by atoms with van der Waals surface area (Å²) in [5.41, 5.74) is 3.11. The van der Waals surface area contributed by atoms with Crippen LogP contribution in [-0.2, 0) is 0 Å². The van der Waals surface area contributed by atoms with Crippen molar-refractivity contribution in [2.45, 2.75) is 0 Å². The second kappa shape index (κ2) is 11.3. The third kappa shape index (κ3) is 4.62. The topological polar surface area (TPSA) is 17.8 Å². The Bertz CT molecular complexity index is 3350. The molecule has 220 valence electrons. The molecule has 9 aromatic rings. The molecule has 0 bridgehead atoms. The van der Waals surface area contributed by atoms with Crippen LogP contribution in [-0.4, -0.2) is 9.55 Å². The fourth-order valence-electron chi connectivity index (χ4n) is 6.29. The molecule has 0 aliphatic heterocycles. The summed E-state index contributed by atoms with van der Waals surface area (Å²) in [6.07, 6.45) is 0. The van der Waals surface area contributed by atoms with Crippen molar-refractivity contribution in [3.63, 3.8) is 0 Å². The molecule has 47 heavy (non-hydrogen) atoms. The van der Waals surface area contributed by atoms with Crippen LogP contribution in [0.4, 0.5) is 0 Å². The molecule has 0 saturated heterocycles. The van der Waals surface area contributed by atoms with Crippen LogP contribution in [0.1, 0.15) is 20.6 Å². The lowest BCUT2D eigenvalue weighted by Gasteiger charge is -2.19. The van der Waals surface area contributed by atoms with E-state index in [2.05, 4.69) is 0 Å². The molecule has 8 aromatic carbocycles.